The Hall–Kier alpha value is -0.470. The van der Waals surface area contributed by atoms with Crippen LogP contribution in [0.5, 0.6) is 0 Å². The van der Waals surface area contributed by atoms with Crippen molar-refractivity contribution in [2.75, 3.05) is 10.5 Å². The van der Waals surface area contributed by atoms with Crippen molar-refractivity contribution in [2.45, 2.75) is 4.90 Å². The maximum Gasteiger partial charge on any atom is 0.264 e. The van der Waals surface area contributed by atoms with Gasteiger partial charge in [0.1, 0.15) is 4.90 Å². The van der Waals surface area contributed by atoms with Crippen LogP contribution in [0.25, 0.3) is 0 Å². The third-order valence-corrected chi connectivity index (χ3v) is 5.90. The molecule has 0 aliphatic rings. The fraction of sp³-hybridized carbons (Fsp3) is 0. The molecule has 0 atom stereocenters. The van der Waals surface area contributed by atoms with E-state index in [9.17, 15) is 8.42 Å². The zero-order chi connectivity index (χ0) is 15.8. The highest BCUT2D eigenvalue weighted by Crippen LogP contribution is 2.35. The summed E-state index contributed by atoms with van der Waals surface area (Å²) in [6.45, 7) is 0. The van der Waals surface area contributed by atoms with E-state index in [1.807, 2.05) is 0 Å². The third kappa shape index (κ3) is 3.84. The van der Waals surface area contributed by atoms with Crippen molar-refractivity contribution in [3.63, 3.8) is 0 Å². The highest BCUT2D eigenvalue weighted by atomic mass is 79.9. The van der Waals surface area contributed by atoms with E-state index in [-0.39, 0.29) is 14.9 Å². The number of hydrogen-bond acceptors (Lipinski definition) is 3. The average molecular weight is 475 g/mol. The molecule has 0 unspecified atom stereocenters. The van der Waals surface area contributed by atoms with Gasteiger partial charge >= 0.3 is 0 Å². The molecule has 0 aliphatic carbocycles. The van der Waals surface area contributed by atoms with Gasteiger partial charge in [0, 0.05) is 14.6 Å². The standard InChI is InChI=1S/C12H8Br2Cl2N2O2S/c13-6-3-9(15)12(10(16)4-6)21(19,20)18-11-5-7(17)1-2-8(11)14/h1-5,18H,17H2. The number of halogens is 4. The molecule has 3 N–H and O–H groups in total. The Labute approximate surface area is 148 Å². The summed E-state index contributed by atoms with van der Waals surface area (Å²) in [6, 6.07) is 7.68. The second-order valence-electron chi connectivity index (χ2n) is 4.04. The van der Waals surface area contributed by atoms with E-state index in [2.05, 4.69) is 36.6 Å². The van der Waals surface area contributed by atoms with Gasteiger partial charge in [-0.15, -0.1) is 0 Å². The van der Waals surface area contributed by atoms with Gasteiger partial charge in [-0.2, -0.15) is 0 Å². The Bertz CT molecular complexity index is 790. The molecule has 0 aliphatic heterocycles. The molecule has 0 heterocycles. The summed E-state index contributed by atoms with van der Waals surface area (Å²) in [5, 5.41) is 0.0313. The summed E-state index contributed by atoms with van der Waals surface area (Å²) in [4.78, 5) is -0.191. The number of nitrogens with one attached hydrogen (secondary N) is 1. The summed E-state index contributed by atoms with van der Waals surface area (Å²) in [6.07, 6.45) is 0. The quantitative estimate of drug-likeness (QED) is 0.621. The lowest BCUT2D eigenvalue weighted by Gasteiger charge is -2.13. The first-order valence-corrected chi connectivity index (χ1v) is 9.25. The van der Waals surface area contributed by atoms with E-state index in [4.69, 9.17) is 28.9 Å². The molecule has 0 amide bonds. The van der Waals surface area contributed by atoms with E-state index in [0.717, 1.165) is 0 Å². The molecule has 0 saturated heterocycles. The SMILES string of the molecule is Nc1ccc(Br)c(NS(=O)(=O)c2c(Cl)cc(Br)cc2Cl)c1. The second-order valence-corrected chi connectivity index (χ2v) is 8.25. The molecule has 0 spiro atoms. The molecule has 2 aromatic rings. The highest BCUT2D eigenvalue weighted by molar-refractivity contribution is 9.10. The third-order valence-electron chi connectivity index (χ3n) is 2.47. The number of rotatable bonds is 3. The second kappa shape index (κ2) is 6.34. The van der Waals surface area contributed by atoms with Crippen molar-refractivity contribution in [1.29, 1.82) is 0 Å². The first kappa shape index (κ1) is 16.9. The topological polar surface area (TPSA) is 72.2 Å². The summed E-state index contributed by atoms with van der Waals surface area (Å²) < 4.78 is 28.5. The largest absolute Gasteiger partial charge is 0.399 e. The first-order valence-electron chi connectivity index (χ1n) is 5.43. The summed E-state index contributed by atoms with van der Waals surface area (Å²) in [7, 11) is -3.95. The Morgan fingerprint density at radius 3 is 2.19 bits per heavy atom. The number of nitrogen functional groups attached to an aromatic ring is 1. The summed E-state index contributed by atoms with van der Waals surface area (Å²) >= 11 is 18.4. The zero-order valence-corrected chi connectivity index (χ0v) is 15.7. The Morgan fingerprint density at radius 1 is 1.05 bits per heavy atom. The van der Waals surface area contributed by atoms with Gasteiger partial charge in [-0.1, -0.05) is 39.1 Å². The van der Waals surface area contributed by atoms with Crippen LogP contribution in [0.3, 0.4) is 0 Å². The van der Waals surface area contributed by atoms with E-state index < -0.39 is 10.0 Å². The highest BCUT2D eigenvalue weighted by Gasteiger charge is 2.23. The van der Waals surface area contributed by atoms with Gasteiger partial charge in [0.2, 0.25) is 0 Å². The molecule has 112 valence electrons. The maximum atomic E-state index is 12.5. The van der Waals surface area contributed by atoms with Crippen molar-refractivity contribution in [3.05, 3.63) is 49.3 Å². The van der Waals surface area contributed by atoms with Gasteiger partial charge < -0.3 is 5.73 Å². The Morgan fingerprint density at radius 2 is 1.62 bits per heavy atom. The molecule has 9 heteroatoms. The predicted molar refractivity (Wildman–Crippen MR) is 93.5 cm³/mol. The van der Waals surface area contributed by atoms with Crippen molar-refractivity contribution >= 4 is 76.5 Å². The lowest BCUT2D eigenvalue weighted by Crippen LogP contribution is -2.14. The molecule has 0 fully saturated rings. The minimum absolute atomic E-state index is 0.0156. The van der Waals surface area contributed by atoms with Crippen molar-refractivity contribution in [1.82, 2.24) is 0 Å². The number of sulfonamides is 1. The van der Waals surface area contributed by atoms with Gasteiger partial charge in [-0.3, -0.25) is 4.72 Å². The maximum absolute atomic E-state index is 12.5. The predicted octanol–water partition coefficient (Wildman–Crippen LogP) is 4.90. The monoisotopic (exact) mass is 472 g/mol. The Kier molecular flexibility index (Phi) is 5.10. The zero-order valence-electron chi connectivity index (χ0n) is 10.2. The van der Waals surface area contributed by atoms with Gasteiger partial charge in [0.25, 0.3) is 10.0 Å². The molecular weight excluding hydrogens is 467 g/mol. The van der Waals surface area contributed by atoms with Gasteiger partial charge in [0.05, 0.1) is 15.7 Å². The molecule has 21 heavy (non-hydrogen) atoms. The average Bonchev–Trinajstić information content (AvgIpc) is 2.31. The van der Waals surface area contributed by atoms with Gasteiger partial charge in [-0.05, 0) is 46.3 Å². The molecule has 0 radical (unpaired) electrons. The number of benzene rings is 2. The number of nitrogens with two attached hydrogens (primary N) is 1. The molecular formula is C12H8Br2Cl2N2O2S. The molecule has 4 nitrogen and oxygen atoms in total. The Balaban J connectivity index is 2.51. The lowest BCUT2D eigenvalue weighted by atomic mass is 10.3. The van der Waals surface area contributed by atoms with Crippen LogP contribution in [0.1, 0.15) is 0 Å². The van der Waals surface area contributed by atoms with Crippen LogP contribution >= 0.6 is 55.1 Å². The van der Waals surface area contributed by atoms with Crippen molar-refractivity contribution in [2.24, 2.45) is 0 Å². The van der Waals surface area contributed by atoms with Crippen LogP contribution in [0, 0.1) is 0 Å². The van der Waals surface area contributed by atoms with Crippen LogP contribution in [-0.2, 0) is 10.0 Å². The molecule has 0 bridgehead atoms. The van der Waals surface area contributed by atoms with Crippen LogP contribution in [0.4, 0.5) is 11.4 Å². The van der Waals surface area contributed by atoms with E-state index in [1.165, 1.54) is 18.2 Å². The summed E-state index contributed by atoms with van der Waals surface area (Å²) in [5.74, 6) is 0. The van der Waals surface area contributed by atoms with E-state index in [1.54, 1.807) is 12.1 Å². The van der Waals surface area contributed by atoms with Crippen LogP contribution < -0.4 is 10.5 Å². The molecule has 0 saturated carbocycles. The van der Waals surface area contributed by atoms with E-state index >= 15 is 0 Å². The minimum Gasteiger partial charge on any atom is -0.399 e. The lowest BCUT2D eigenvalue weighted by molar-refractivity contribution is 0.601. The first-order chi connectivity index (χ1) is 9.70. The van der Waals surface area contributed by atoms with Gasteiger partial charge in [0.15, 0.2) is 0 Å². The van der Waals surface area contributed by atoms with Crippen LogP contribution in [-0.4, -0.2) is 8.42 Å². The van der Waals surface area contributed by atoms with Crippen molar-refractivity contribution in [3.8, 4) is 0 Å². The van der Waals surface area contributed by atoms with Crippen LogP contribution in [0.2, 0.25) is 10.0 Å². The van der Waals surface area contributed by atoms with Gasteiger partial charge in [-0.25, -0.2) is 8.42 Å². The van der Waals surface area contributed by atoms with Crippen molar-refractivity contribution < 1.29 is 8.42 Å². The van der Waals surface area contributed by atoms with Crippen LogP contribution in [0.15, 0.2) is 44.2 Å². The smallest absolute Gasteiger partial charge is 0.264 e. The fourth-order valence-corrected chi connectivity index (χ4v) is 5.09. The molecule has 2 rings (SSSR count). The molecule has 0 aromatic heterocycles. The number of hydrogen-bond donors (Lipinski definition) is 2. The summed E-state index contributed by atoms with van der Waals surface area (Å²) in [5.41, 5.74) is 6.37. The minimum atomic E-state index is -3.95. The molecule has 2 aromatic carbocycles. The number of anilines is 2. The normalized spacial score (nSPS) is 11.4. The van der Waals surface area contributed by atoms with E-state index in [0.29, 0.717) is 20.3 Å². The fourth-order valence-electron chi connectivity index (χ4n) is 1.60.